The molecule has 2 aromatic rings. The number of hydrogen-bond donors (Lipinski definition) is 1. The zero-order valence-electron chi connectivity index (χ0n) is 11.2. The van der Waals surface area contributed by atoms with E-state index < -0.39 is 0 Å². The van der Waals surface area contributed by atoms with E-state index in [2.05, 4.69) is 46.9 Å². The van der Waals surface area contributed by atoms with Crippen LogP contribution in [0.5, 0.6) is 0 Å². The summed E-state index contributed by atoms with van der Waals surface area (Å²) in [7, 11) is 0. The van der Waals surface area contributed by atoms with Gasteiger partial charge in [0, 0.05) is 12.7 Å². The number of aryl methyl sites for hydroxylation is 2. The lowest BCUT2D eigenvalue weighted by Crippen LogP contribution is -2.24. The highest BCUT2D eigenvalue weighted by Gasteiger charge is 2.20. The molecule has 1 unspecified atom stereocenters. The molecule has 2 aromatic heterocycles. The maximum Gasteiger partial charge on any atom is 0.0860 e. The van der Waals surface area contributed by atoms with Crippen molar-refractivity contribution in [2.24, 2.45) is 0 Å². The van der Waals surface area contributed by atoms with E-state index in [-0.39, 0.29) is 6.04 Å². The quantitative estimate of drug-likeness (QED) is 0.872. The molecule has 0 fully saturated rings. The molecule has 0 aliphatic carbocycles. The second-order valence-corrected chi connectivity index (χ2v) is 5.16. The zero-order chi connectivity index (χ0) is 13.0. The van der Waals surface area contributed by atoms with Gasteiger partial charge in [0.15, 0.2) is 0 Å². The van der Waals surface area contributed by atoms with Gasteiger partial charge >= 0.3 is 0 Å². The van der Waals surface area contributed by atoms with E-state index >= 15 is 0 Å². The first-order chi connectivity index (χ1) is 8.77. The number of nitrogens with one attached hydrogen (secondary N) is 1. The van der Waals surface area contributed by atoms with Gasteiger partial charge in [-0.3, -0.25) is 4.68 Å². The molecule has 0 aliphatic heterocycles. The van der Waals surface area contributed by atoms with Gasteiger partial charge in [0.05, 0.1) is 27.8 Å². The summed E-state index contributed by atoms with van der Waals surface area (Å²) in [6.07, 6.45) is 2.97. The number of hydrogen-bond acceptors (Lipinski definition) is 4. The maximum atomic E-state index is 4.41. The zero-order valence-corrected chi connectivity index (χ0v) is 12.0. The van der Waals surface area contributed by atoms with Crippen molar-refractivity contribution in [2.45, 2.75) is 39.8 Å². The van der Waals surface area contributed by atoms with Crippen molar-refractivity contribution in [3.05, 3.63) is 34.0 Å². The minimum atomic E-state index is 0.205. The standard InChI is InChI=1S/C13H20N4S/c1-4-8-17-11(6-7-16-17)12(14-5-2)13-10(3)15-9-18-13/h6-7,9,12,14H,4-5,8H2,1-3H3. The normalized spacial score (nSPS) is 12.8. The van der Waals surface area contributed by atoms with Crippen LogP contribution < -0.4 is 5.32 Å². The lowest BCUT2D eigenvalue weighted by molar-refractivity contribution is 0.522. The molecule has 0 amide bonds. The predicted octanol–water partition coefficient (Wildman–Crippen LogP) is 2.76. The predicted molar refractivity (Wildman–Crippen MR) is 74.9 cm³/mol. The fraction of sp³-hybridized carbons (Fsp3) is 0.538. The van der Waals surface area contributed by atoms with E-state index in [1.54, 1.807) is 11.3 Å². The van der Waals surface area contributed by atoms with Crippen LogP contribution in [0.15, 0.2) is 17.8 Å². The molecule has 1 N–H and O–H groups in total. The van der Waals surface area contributed by atoms with Gasteiger partial charge in [-0.2, -0.15) is 5.10 Å². The van der Waals surface area contributed by atoms with Crippen LogP contribution in [0.2, 0.25) is 0 Å². The van der Waals surface area contributed by atoms with Crippen molar-refractivity contribution in [1.29, 1.82) is 0 Å². The molecule has 0 bridgehead atoms. The first-order valence-electron chi connectivity index (χ1n) is 6.43. The van der Waals surface area contributed by atoms with E-state index in [9.17, 15) is 0 Å². The molecule has 0 radical (unpaired) electrons. The fourth-order valence-electron chi connectivity index (χ4n) is 2.11. The minimum Gasteiger partial charge on any atom is -0.305 e. The Hall–Kier alpha value is -1.20. The lowest BCUT2D eigenvalue weighted by Gasteiger charge is -2.18. The second-order valence-electron chi connectivity index (χ2n) is 4.27. The van der Waals surface area contributed by atoms with Crippen molar-refractivity contribution in [3.8, 4) is 0 Å². The molecular weight excluding hydrogens is 244 g/mol. The Bertz CT molecular complexity index is 489. The van der Waals surface area contributed by atoms with Crippen LogP contribution in [0.25, 0.3) is 0 Å². The molecule has 0 aliphatic rings. The van der Waals surface area contributed by atoms with Crippen LogP contribution in [0.3, 0.4) is 0 Å². The van der Waals surface area contributed by atoms with Gasteiger partial charge in [-0.15, -0.1) is 11.3 Å². The van der Waals surface area contributed by atoms with Crippen LogP contribution in [0.1, 0.15) is 42.6 Å². The van der Waals surface area contributed by atoms with Crippen molar-refractivity contribution < 1.29 is 0 Å². The van der Waals surface area contributed by atoms with Gasteiger partial charge < -0.3 is 5.32 Å². The summed E-state index contributed by atoms with van der Waals surface area (Å²) in [5.74, 6) is 0. The molecule has 0 aromatic carbocycles. The summed E-state index contributed by atoms with van der Waals surface area (Å²) in [6, 6.07) is 2.30. The van der Waals surface area contributed by atoms with Crippen LogP contribution >= 0.6 is 11.3 Å². The Kier molecular flexibility index (Phi) is 4.49. The smallest absolute Gasteiger partial charge is 0.0860 e. The molecule has 0 saturated heterocycles. The average molecular weight is 264 g/mol. The molecular formula is C13H20N4S. The summed E-state index contributed by atoms with van der Waals surface area (Å²) in [5.41, 5.74) is 4.25. The van der Waals surface area contributed by atoms with E-state index in [1.165, 1.54) is 10.6 Å². The summed E-state index contributed by atoms with van der Waals surface area (Å²) < 4.78 is 2.09. The fourth-order valence-corrected chi connectivity index (χ4v) is 3.00. The average Bonchev–Trinajstić information content (AvgIpc) is 2.96. The molecule has 2 rings (SSSR count). The van der Waals surface area contributed by atoms with E-state index in [4.69, 9.17) is 0 Å². The van der Waals surface area contributed by atoms with Crippen molar-refractivity contribution >= 4 is 11.3 Å². The Labute approximate surface area is 112 Å². The summed E-state index contributed by atoms with van der Waals surface area (Å²) in [6.45, 7) is 8.26. The molecule has 18 heavy (non-hydrogen) atoms. The van der Waals surface area contributed by atoms with Crippen LogP contribution in [0, 0.1) is 6.92 Å². The molecule has 2 heterocycles. The number of thiazole rings is 1. The summed E-state index contributed by atoms with van der Waals surface area (Å²) >= 11 is 1.71. The SMILES string of the molecule is CCCn1nccc1C(NCC)c1scnc1C. The summed E-state index contributed by atoms with van der Waals surface area (Å²) in [5, 5.41) is 7.95. The lowest BCUT2D eigenvalue weighted by atomic mass is 10.1. The first-order valence-corrected chi connectivity index (χ1v) is 7.31. The van der Waals surface area contributed by atoms with E-state index in [1.807, 2.05) is 11.7 Å². The van der Waals surface area contributed by atoms with Crippen LogP contribution in [-0.2, 0) is 6.54 Å². The molecule has 1 atom stereocenters. The van der Waals surface area contributed by atoms with Crippen molar-refractivity contribution in [3.63, 3.8) is 0 Å². The number of nitrogens with zero attached hydrogens (tertiary/aromatic N) is 3. The third-order valence-corrected chi connectivity index (χ3v) is 3.93. The van der Waals surface area contributed by atoms with E-state index in [0.717, 1.165) is 25.2 Å². The largest absolute Gasteiger partial charge is 0.305 e. The topological polar surface area (TPSA) is 42.7 Å². The van der Waals surface area contributed by atoms with Crippen molar-refractivity contribution in [2.75, 3.05) is 6.54 Å². The highest BCUT2D eigenvalue weighted by atomic mass is 32.1. The number of aromatic nitrogens is 3. The Morgan fingerprint density at radius 3 is 2.89 bits per heavy atom. The molecule has 5 heteroatoms. The third-order valence-electron chi connectivity index (χ3n) is 2.93. The van der Waals surface area contributed by atoms with Gasteiger partial charge in [-0.05, 0) is 26.0 Å². The third kappa shape index (κ3) is 2.62. The highest BCUT2D eigenvalue weighted by molar-refractivity contribution is 7.09. The van der Waals surface area contributed by atoms with Gasteiger partial charge in [0.25, 0.3) is 0 Å². The molecule has 0 saturated carbocycles. The minimum absolute atomic E-state index is 0.205. The second kappa shape index (κ2) is 6.11. The van der Waals surface area contributed by atoms with Crippen molar-refractivity contribution in [1.82, 2.24) is 20.1 Å². The van der Waals surface area contributed by atoms with Crippen LogP contribution in [-0.4, -0.2) is 21.3 Å². The highest BCUT2D eigenvalue weighted by Crippen LogP contribution is 2.27. The molecule has 98 valence electrons. The van der Waals surface area contributed by atoms with Gasteiger partial charge in [0.1, 0.15) is 0 Å². The van der Waals surface area contributed by atoms with E-state index in [0.29, 0.717) is 0 Å². The van der Waals surface area contributed by atoms with Gasteiger partial charge in [-0.25, -0.2) is 4.98 Å². The molecule has 4 nitrogen and oxygen atoms in total. The van der Waals surface area contributed by atoms with Crippen LogP contribution in [0.4, 0.5) is 0 Å². The van der Waals surface area contributed by atoms with Gasteiger partial charge in [0.2, 0.25) is 0 Å². The van der Waals surface area contributed by atoms with Gasteiger partial charge in [-0.1, -0.05) is 13.8 Å². The summed E-state index contributed by atoms with van der Waals surface area (Å²) in [4.78, 5) is 5.64. The number of rotatable bonds is 6. The monoisotopic (exact) mass is 264 g/mol. The Morgan fingerprint density at radius 1 is 1.44 bits per heavy atom. The Morgan fingerprint density at radius 2 is 2.28 bits per heavy atom. The first kappa shape index (κ1) is 13.2. The Balaban J connectivity index is 2.35. The molecule has 0 spiro atoms. The maximum absolute atomic E-state index is 4.41.